The minimum atomic E-state index is -0.212. The predicted molar refractivity (Wildman–Crippen MR) is 186 cm³/mol. The monoisotopic (exact) mass is 617 g/mol. The minimum absolute atomic E-state index is 0.0413. The number of aromatic hydroxyl groups is 1. The maximum absolute atomic E-state index is 13.2. The van der Waals surface area contributed by atoms with E-state index in [1.165, 1.54) is 44.6 Å². The van der Waals surface area contributed by atoms with Crippen LogP contribution in [0.25, 0.3) is 28.0 Å². The number of allylic oxidation sites excluding steroid dienone is 4. The highest BCUT2D eigenvalue weighted by Gasteiger charge is 2.42. The van der Waals surface area contributed by atoms with Gasteiger partial charge in [-0.05, 0) is 105 Å². The number of phenolic OH excluding ortho intramolecular Hbond substituents is 1. The van der Waals surface area contributed by atoms with E-state index >= 15 is 0 Å². The molecular formula is C38H43N5O3. The van der Waals surface area contributed by atoms with E-state index in [1.807, 2.05) is 31.2 Å². The van der Waals surface area contributed by atoms with Gasteiger partial charge in [0.15, 0.2) is 0 Å². The van der Waals surface area contributed by atoms with Crippen molar-refractivity contribution < 1.29 is 15.0 Å². The van der Waals surface area contributed by atoms with Crippen LogP contribution in [0.15, 0.2) is 91.2 Å². The zero-order valence-corrected chi connectivity index (χ0v) is 26.7. The highest BCUT2D eigenvalue weighted by atomic mass is 16.3. The molecule has 1 unspecified atom stereocenters. The number of aliphatic hydroxyl groups is 1. The molecular weight excluding hydrogens is 574 g/mol. The molecule has 1 spiro atoms. The zero-order valence-electron chi connectivity index (χ0n) is 26.7. The molecule has 4 aromatic rings. The van der Waals surface area contributed by atoms with Gasteiger partial charge in [0.1, 0.15) is 17.3 Å². The van der Waals surface area contributed by atoms with Gasteiger partial charge in [0.2, 0.25) is 0 Å². The zero-order chi connectivity index (χ0) is 32.3. The number of hydrogen-bond donors (Lipinski definition) is 4. The van der Waals surface area contributed by atoms with Gasteiger partial charge in [0.05, 0.1) is 16.6 Å². The Labute approximate surface area is 270 Å². The molecule has 238 valence electrons. The number of amides is 1. The summed E-state index contributed by atoms with van der Waals surface area (Å²) in [6, 6.07) is 18.5. The van der Waals surface area contributed by atoms with Crippen molar-refractivity contribution in [3.05, 3.63) is 108 Å². The minimum Gasteiger partial charge on any atom is -0.508 e. The molecule has 0 aliphatic carbocycles. The Kier molecular flexibility index (Phi) is 9.10. The first-order valence-corrected chi connectivity index (χ1v) is 16.2. The second-order valence-electron chi connectivity index (χ2n) is 12.6. The van der Waals surface area contributed by atoms with Crippen molar-refractivity contribution in [2.75, 3.05) is 44.6 Å². The van der Waals surface area contributed by atoms with E-state index in [0.29, 0.717) is 44.5 Å². The van der Waals surface area contributed by atoms with Crippen LogP contribution < -0.4 is 5.32 Å². The fourth-order valence-corrected chi connectivity index (χ4v) is 6.82. The van der Waals surface area contributed by atoms with Gasteiger partial charge in [-0.25, -0.2) is 4.98 Å². The number of aromatic nitrogens is 2. The van der Waals surface area contributed by atoms with Gasteiger partial charge in [0, 0.05) is 36.5 Å². The Morgan fingerprint density at radius 3 is 2.50 bits per heavy atom. The van der Waals surface area contributed by atoms with Gasteiger partial charge < -0.3 is 30.3 Å². The number of likely N-dealkylation sites (tertiary alicyclic amines) is 2. The summed E-state index contributed by atoms with van der Waals surface area (Å²) in [7, 11) is 0. The maximum atomic E-state index is 13.2. The van der Waals surface area contributed by atoms with Crippen LogP contribution in [0.2, 0.25) is 0 Å². The summed E-state index contributed by atoms with van der Waals surface area (Å²) in [5.41, 5.74) is 6.04. The summed E-state index contributed by atoms with van der Waals surface area (Å²) in [5.74, 6) is 0.203. The molecule has 0 saturated carbocycles. The van der Waals surface area contributed by atoms with E-state index in [-0.39, 0.29) is 17.4 Å². The van der Waals surface area contributed by atoms with E-state index in [9.17, 15) is 15.0 Å². The summed E-state index contributed by atoms with van der Waals surface area (Å²) in [6.45, 7) is 14.9. The fraction of sp³-hybridized carbons (Fsp3) is 0.316. The topological polar surface area (TPSA) is 105 Å². The SMILES string of the molecule is C=C(O)/C(=C\C=C/C)c1ccc(O)c(-c2nc3ccc(C(=O)Nc4ccc(CCN5CCC6(CCN(CC)C6)C5)cc4)cc3[nH]2)c1. The van der Waals surface area contributed by atoms with Crippen molar-refractivity contribution in [2.45, 2.75) is 33.1 Å². The van der Waals surface area contributed by atoms with Gasteiger partial charge in [-0.2, -0.15) is 0 Å². The van der Waals surface area contributed by atoms with Crippen LogP contribution in [0.5, 0.6) is 5.75 Å². The summed E-state index contributed by atoms with van der Waals surface area (Å²) in [5, 5.41) is 23.8. The highest BCUT2D eigenvalue weighted by molar-refractivity contribution is 6.06. The van der Waals surface area contributed by atoms with Gasteiger partial charge in [0.25, 0.3) is 5.91 Å². The van der Waals surface area contributed by atoms with Crippen LogP contribution in [-0.2, 0) is 6.42 Å². The quantitative estimate of drug-likeness (QED) is 0.111. The average Bonchev–Trinajstić information content (AvgIpc) is 3.79. The summed E-state index contributed by atoms with van der Waals surface area (Å²) in [6.07, 6.45) is 9.07. The number of benzene rings is 3. The van der Waals surface area contributed by atoms with Crippen LogP contribution in [0.3, 0.4) is 0 Å². The number of H-pyrrole nitrogens is 1. The molecule has 8 nitrogen and oxygen atoms in total. The van der Waals surface area contributed by atoms with Gasteiger partial charge in [-0.1, -0.05) is 49.9 Å². The van der Waals surface area contributed by atoms with Crippen LogP contribution in [-0.4, -0.2) is 75.2 Å². The first kappa shape index (κ1) is 31.3. The first-order valence-electron chi connectivity index (χ1n) is 16.2. The molecule has 6 rings (SSSR count). The number of hydrogen-bond acceptors (Lipinski definition) is 6. The number of aromatic amines is 1. The number of carbonyl (C=O) groups is 1. The highest BCUT2D eigenvalue weighted by Crippen LogP contribution is 2.39. The number of anilines is 1. The van der Waals surface area contributed by atoms with Crippen molar-refractivity contribution in [1.82, 2.24) is 19.8 Å². The van der Waals surface area contributed by atoms with Crippen molar-refractivity contribution >= 4 is 28.2 Å². The van der Waals surface area contributed by atoms with E-state index in [1.54, 1.807) is 42.5 Å². The van der Waals surface area contributed by atoms with Crippen LogP contribution >= 0.6 is 0 Å². The van der Waals surface area contributed by atoms with E-state index in [0.717, 1.165) is 25.2 Å². The predicted octanol–water partition coefficient (Wildman–Crippen LogP) is 7.18. The summed E-state index contributed by atoms with van der Waals surface area (Å²) < 4.78 is 0. The number of carbonyl (C=O) groups excluding carboxylic acids is 1. The molecule has 3 aromatic carbocycles. The molecule has 2 saturated heterocycles. The van der Waals surface area contributed by atoms with E-state index in [2.05, 4.69) is 50.7 Å². The molecule has 46 heavy (non-hydrogen) atoms. The molecule has 2 aliphatic heterocycles. The third-order valence-corrected chi connectivity index (χ3v) is 9.48. The Hall–Kier alpha value is -4.66. The van der Waals surface area contributed by atoms with Crippen LogP contribution in [0.1, 0.15) is 48.2 Å². The molecule has 1 atom stereocenters. The maximum Gasteiger partial charge on any atom is 0.255 e. The Morgan fingerprint density at radius 2 is 1.78 bits per heavy atom. The van der Waals surface area contributed by atoms with Gasteiger partial charge in [-0.3, -0.25) is 4.79 Å². The van der Waals surface area contributed by atoms with Crippen LogP contribution in [0.4, 0.5) is 5.69 Å². The normalized spacial score (nSPS) is 19.1. The van der Waals surface area contributed by atoms with E-state index in [4.69, 9.17) is 0 Å². The molecule has 1 aromatic heterocycles. The number of rotatable bonds is 10. The smallest absolute Gasteiger partial charge is 0.255 e. The number of phenols is 1. The lowest BCUT2D eigenvalue weighted by Crippen LogP contribution is -2.31. The Bertz CT molecular complexity index is 1800. The fourth-order valence-electron chi connectivity index (χ4n) is 6.82. The molecule has 4 N–H and O–H groups in total. The molecule has 8 heteroatoms. The van der Waals surface area contributed by atoms with Crippen molar-refractivity contribution in [3.8, 4) is 17.1 Å². The van der Waals surface area contributed by atoms with Gasteiger partial charge in [-0.15, -0.1) is 0 Å². The number of nitrogens with zero attached hydrogens (tertiary/aromatic N) is 3. The third kappa shape index (κ3) is 6.78. The average molecular weight is 618 g/mol. The lowest BCUT2D eigenvalue weighted by Gasteiger charge is -2.24. The second-order valence-corrected chi connectivity index (χ2v) is 12.6. The van der Waals surface area contributed by atoms with Crippen molar-refractivity contribution in [2.24, 2.45) is 5.41 Å². The Balaban J connectivity index is 1.09. The molecule has 0 bridgehead atoms. The molecule has 0 radical (unpaired) electrons. The summed E-state index contributed by atoms with van der Waals surface area (Å²) in [4.78, 5) is 26.3. The van der Waals surface area contributed by atoms with Crippen LogP contribution in [0, 0.1) is 5.41 Å². The third-order valence-electron chi connectivity index (χ3n) is 9.48. The number of fused-ring (bicyclic) bond motifs is 1. The number of imidazole rings is 1. The van der Waals surface area contributed by atoms with Crippen molar-refractivity contribution in [1.29, 1.82) is 0 Å². The van der Waals surface area contributed by atoms with Gasteiger partial charge >= 0.3 is 0 Å². The van der Waals surface area contributed by atoms with E-state index < -0.39 is 0 Å². The number of aliphatic hydroxyl groups excluding tert-OH is 1. The first-order chi connectivity index (χ1) is 22.3. The lowest BCUT2D eigenvalue weighted by atomic mass is 9.86. The molecule has 3 heterocycles. The standard InChI is InChI=1S/C38H43N5O3/c1-4-6-7-31(26(3)44)28-11-15-35(45)32(22-28)36-40-33-14-10-29(23-34(33)41-36)37(46)39-30-12-8-27(9-13-30)16-19-43-21-18-38(25-43)17-20-42(5-2)24-38/h4,6-15,22-23,44-45H,3,5,16-21,24-25H2,1-2H3,(H,39,46)(H,40,41)/b6-4-,31-7+. The molecule has 2 aliphatic rings. The molecule has 2 fully saturated rings. The summed E-state index contributed by atoms with van der Waals surface area (Å²) >= 11 is 0. The largest absolute Gasteiger partial charge is 0.508 e. The number of nitrogens with one attached hydrogen (secondary N) is 2. The second kappa shape index (κ2) is 13.4. The Morgan fingerprint density at radius 1 is 1.04 bits per heavy atom. The van der Waals surface area contributed by atoms with Crippen molar-refractivity contribution in [3.63, 3.8) is 0 Å². The molecule has 1 amide bonds. The lowest BCUT2D eigenvalue weighted by molar-refractivity contribution is 0.102.